The van der Waals surface area contributed by atoms with Crippen LogP contribution in [0.2, 0.25) is 0 Å². The van der Waals surface area contributed by atoms with Gasteiger partial charge in [-0.3, -0.25) is 4.68 Å². The highest BCUT2D eigenvalue weighted by Crippen LogP contribution is 2.38. The molecule has 0 bridgehead atoms. The summed E-state index contributed by atoms with van der Waals surface area (Å²) in [5, 5.41) is 6.94. The third kappa shape index (κ3) is 2.27. The lowest BCUT2D eigenvalue weighted by Gasteiger charge is -2.46. The molecule has 1 aromatic carbocycles. The Morgan fingerprint density at radius 1 is 1.35 bits per heavy atom. The quantitative estimate of drug-likeness (QED) is 0.912. The van der Waals surface area contributed by atoms with Crippen LogP contribution in [0.4, 0.5) is 10.5 Å². The molecule has 2 atom stereocenters. The van der Waals surface area contributed by atoms with Gasteiger partial charge < -0.3 is 10.2 Å². The Labute approximate surface area is 118 Å². The molecule has 2 amide bonds. The number of amides is 2. The molecule has 1 N–H and O–H groups in total. The summed E-state index contributed by atoms with van der Waals surface area (Å²) in [5.74, 6) is 0.483. The zero-order valence-corrected chi connectivity index (χ0v) is 11.7. The van der Waals surface area contributed by atoms with E-state index in [1.54, 1.807) is 17.1 Å². The number of aryl methyl sites for hydroxylation is 1. The molecule has 0 saturated carbocycles. The smallest absolute Gasteiger partial charge is 0.317 e. The van der Waals surface area contributed by atoms with Crippen LogP contribution in [0.3, 0.4) is 0 Å². The van der Waals surface area contributed by atoms with Crippen LogP contribution >= 0.6 is 0 Å². The number of aromatic nitrogens is 2. The van der Waals surface area contributed by atoms with E-state index in [-0.39, 0.29) is 12.1 Å². The molecule has 0 radical (unpaired) electrons. The van der Waals surface area contributed by atoms with E-state index < -0.39 is 0 Å². The molecule has 104 valence electrons. The summed E-state index contributed by atoms with van der Waals surface area (Å²) in [6.07, 6.45) is 3.44. The van der Waals surface area contributed by atoms with E-state index in [9.17, 15) is 4.79 Å². The third-order valence-electron chi connectivity index (χ3n) is 3.72. The highest BCUT2D eigenvalue weighted by Gasteiger charge is 2.39. The van der Waals surface area contributed by atoms with E-state index in [0.29, 0.717) is 5.92 Å². The average Bonchev–Trinajstić information content (AvgIpc) is 2.82. The summed E-state index contributed by atoms with van der Waals surface area (Å²) in [4.78, 5) is 14.2. The van der Waals surface area contributed by atoms with Crippen LogP contribution in [-0.2, 0) is 7.05 Å². The van der Waals surface area contributed by atoms with Crippen molar-refractivity contribution in [3.05, 3.63) is 48.3 Å². The molecule has 20 heavy (non-hydrogen) atoms. The number of nitrogens with zero attached hydrogens (tertiary/aromatic N) is 3. The minimum atomic E-state index is -0.0649. The Hall–Kier alpha value is -2.30. The van der Waals surface area contributed by atoms with Crippen LogP contribution in [0.15, 0.2) is 42.7 Å². The van der Waals surface area contributed by atoms with Gasteiger partial charge in [0.05, 0.1) is 17.9 Å². The van der Waals surface area contributed by atoms with Gasteiger partial charge in [0.25, 0.3) is 0 Å². The highest BCUT2D eigenvalue weighted by atomic mass is 16.2. The van der Waals surface area contributed by atoms with Crippen LogP contribution in [0.1, 0.15) is 18.5 Å². The first-order chi connectivity index (χ1) is 9.65. The van der Waals surface area contributed by atoms with Gasteiger partial charge in [0, 0.05) is 19.8 Å². The number of rotatable bonds is 2. The molecule has 1 aliphatic heterocycles. The van der Waals surface area contributed by atoms with Crippen molar-refractivity contribution in [3.63, 3.8) is 0 Å². The molecule has 1 aromatic heterocycles. The molecule has 0 spiro atoms. The van der Waals surface area contributed by atoms with Crippen LogP contribution in [-0.4, -0.2) is 27.3 Å². The van der Waals surface area contributed by atoms with Crippen LogP contribution in [0, 0.1) is 5.92 Å². The van der Waals surface area contributed by atoms with Crippen molar-refractivity contribution in [2.75, 3.05) is 11.9 Å². The zero-order valence-electron chi connectivity index (χ0n) is 11.7. The maximum Gasteiger partial charge on any atom is 0.322 e. The van der Waals surface area contributed by atoms with Crippen molar-refractivity contribution in [3.8, 4) is 0 Å². The normalized spacial score (nSPS) is 21.4. The largest absolute Gasteiger partial charge is 0.322 e. The molecule has 2 aromatic rings. The van der Waals surface area contributed by atoms with Crippen LogP contribution in [0.5, 0.6) is 0 Å². The fourth-order valence-corrected chi connectivity index (χ4v) is 2.74. The van der Waals surface area contributed by atoms with Crippen molar-refractivity contribution >= 4 is 11.7 Å². The van der Waals surface area contributed by atoms with E-state index in [4.69, 9.17) is 0 Å². The molecule has 1 saturated heterocycles. The van der Waals surface area contributed by atoms with Crippen LogP contribution < -0.4 is 5.32 Å². The predicted octanol–water partition coefficient (Wildman–Crippen LogP) is 2.65. The Kier molecular flexibility index (Phi) is 3.18. The number of benzene rings is 1. The van der Waals surface area contributed by atoms with Gasteiger partial charge in [0.15, 0.2) is 0 Å². The van der Waals surface area contributed by atoms with Crippen molar-refractivity contribution < 1.29 is 4.79 Å². The maximum atomic E-state index is 12.3. The molecule has 1 fully saturated rings. The molecule has 5 heteroatoms. The summed E-state index contributed by atoms with van der Waals surface area (Å²) < 4.78 is 1.67. The standard InChI is InChI=1S/C15H18N4O/c1-11-9-19(14(11)12-6-4-3-5-7-12)15(20)17-13-8-16-18(2)10-13/h3-8,10-11,14H,9H2,1-2H3,(H,17,20)/t11-,14-/m0/s1. The molecule has 0 unspecified atom stereocenters. The van der Waals surface area contributed by atoms with Gasteiger partial charge in [-0.1, -0.05) is 37.3 Å². The zero-order chi connectivity index (χ0) is 14.1. The van der Waals surface area contributed by atoms with E-state index >= 15 is 0 Å². The second kappa shape index (κ2) is 5.00. The lowest BCUT2D eigenvalue weighted by atomic mass is 9.85. The minimum absolute atomic E-state index is 0.0649. The second-order valence-electron chi connectivity index (χ2n) is 5.32. The molecule has 3 rings (SSSR count). The Morgan fingerprint density at radius 2 is 2.10 bits per heavy atom. The lowest BCUT2D eigenvalue weighted by Crippen LogP contribution is -2.53. The van der Waals surface area contributed by atoms with Gasteiger partial charge >= 0.3 is 6.03 Å². The highest BCUT2D eigenvalue weighted by molar-refractivity contribution is 5.90. The van der Waals surface area contributed by atoms with Gasteiger partial charge in [-0.25, -0.2) is 4.79 Å². The summed E-state index contributed by atoms with van der Waals surface area (Å²) in [7, 11) is 1.83. The van der Waals surface area contributed by atoms with E-state index in [2.05, 4.69) is 29.5 Å². The SMILES string of the molecule is C[C@H]1CN(C(=O)Nc2cnn(C)c2)[C@@H]1c1ccccc1. The molecule has 5 nitrogen and oxygen atoms in total. The van der Waals surface area contributed by atoms with Gasteiger partial charge in [0.2, 0.25) is 0 Å². The Bertz CT molecular complexity index is 607. The monoisotopic (exact) mass is 270 g/mol. The van der Waals surface area contributed by atoms with Gasteiger partial charge in [-0.15, -0.1) is 0 Å². The summed E-state index contributed by atoms with van der Waals surface area (Å²) in [6.45, 7) is 2.96. The second-order valence-corrected chi connectivity index (χ2v) is 5.32. The van der Waals surface area contributed by atoms with Crippen molar-refractivity contribution in [2.24, 2.45) is 13.0 Å². The number of carbonyl (C=O) groups is 1. The molecule has 2 heterocycles. The first-order valence-electron chi connectivity index (χ1n) is 6.76. The molecular formula is C15H18N4O. The number of anilines is 1. The Morgan fingerprint density at radius 3 is 2.70 bits per heavy atom. The fourth-order valence-electron chi connectivity index (χ4n) is 2.74. The molecule has 0 aliphatic carbocycles. The number of nitrogens with one attached hydrogen (secondary N) is 1. The predicted molar refractivity (Wildman–Crippen MR) is 77.3 cm³/mol. The summed E-state index contributed by atoms with van der Waals surface area (Å²) >= 11 is 0. The molecular weight excluding hydrogens is 252 g/mol. The maximum absolute atomic E-state index is 12.3. The van der Waals surface area contributed by atoms with Crippen LogP contribution in [0.25, 0.3) is 0 Å². The third-order valence-corrected chi connectivity index (χ3v) is 3.72. The van der Waals surface area contributed by atoms with Gasteiger partial charge in [-0.05, 0) is 11.5 Å². The van der Waals surface area contributed by atoms with E-state index in [1.807, 2.05) is 30.1 Å². The number of carbonyl (C=O) groups excluding carboxylic acids is 1. The van der Waals surface area contributed by atoms with Gasteiger partial charge in [-0.2, -0.15) is 5.10 Å². The fraction of sp³-hybridized carbons (Fsp3) is 0.333. The number of likely N-dealkylation sites (tertiary alicyclic amines) is 1. The molecule has 1 aliphatic rings. The van der Waals surface area contributed by atoms with Crippen molar-refractivity contribution in [1.82, 2.24) is 14.7 Å². The number of hydrogen-bond acceptors (Lipinski definition) is 2. The lowest BCUT2D eigenvalue weighted by molar-refractivity contribution is 0.0671. The average molecular weight is 270 g/mol. The summed E-state index contributed by atoms with van der Waals surface area (Å²) in [5.41, 5.74) is 1.91. The van der Waals surface area contributed by atoms with Crippen molar-refractivity contribution in [1.29, 1.82) is 0 Å². The number of hydrogen-bond donors (Lipinski definition) is 1. The first kappa shape index (κ1) is 12.7. The van der Waals surface area contributed by atoms with Crippen molar-refractivity contribution in [2.45, 2.75) is 13.0 Å². The topological polar surface area (TPSA) is 50.2 Å². The first-order valence-corrected chi connectivity index (χ1v) is 6.76. The summed E-state index contributed by atoms with van der Waals surface area (Å²) in [6, 6.07) is 10.3. The number of urea groups is 1. The van der Waals surface area contributed by atoms with E-state index in [1.165, 1.54) is 5.56 Å². The Balaban J connectivity index is 1.72. The van der Waals surface area contributed by atoms with E-state index in [0.717, 1.165) is 12.2 Å². The minimum Gasteiger partial charge on any atom is -0.317 e. The van der Waals surface area contributed by atoms with Gasteiger partial charge in [0.1, 0.15) is 0 Å².